The predicted octanol–water partition coefficient (Wildman–Crippen LogP) is 1.89. The Bertz CT molecular complexity index is 670. The zero-order valence-corrected chi connectivity index (χ0v) is 14.3. The van der Waals surface area contributed by atoms with Crippen molar-refractivity contribution in [1.82, 2.24) is 10.3 Å². The van der Waals surface area contributed by atoms with Crippen molar-refractivity contribution >= 4 is 11.7 Å². The van der Waals surface area contributed by atoms with Gasteiger partial charge < -0.3 is 15.0 Å². The molecule has 7 heteroatoms. The van der Waals surface area contributed by atoms with Gasteiger partial charge in [-0.3, -0.25) is 4.79 Å². The lowest BCUT2D eigenvalue weighted by molar-refractivity contribution is -0.121. The average Bonchev–Trinajstić information content (AvgIpc) is 3.44. The van der Waals surface area contributed by atoms with E-state index in [0.29, 0.717) is 25.8 Å². The van der Waals surface area contributed by atoms with Crippen molar-refractivity contribution in [3.05, 3.63) is 23.9 Å². The summed E-state index contributed by atoms with van der Waals surface area (Å²) in [5.74, 6) is 3.50. The third kappa shape index (κ3) is 5.00. The van der Waals surface area contributed by atoms with Crippen LogP contribution in [0.1, 0.15) is 31.4 Å². The third-order valence-corrected chi connectivity index (χ3v) is 4.40. The van der Waals surface area contributed by atoms with Crippen LogP contribution in [-0.2, 0) is 16.1 Å². The molecule has 0 spiro atoms. The van der Waals surface area contributed by atoms with Gasteiger partial charge in [-0.05, 0) is 12.1 Å². The summed E-state index contributed by atoms with van der Waals surface area (Å²) in [6, 6.07) is 5.88. The van der Waals surface area contributed by atoms with Gasteiger partial charge >= 0.3 is 0 Å². The van der Waals surface area contributed by atoms with Gasteiger partial charge in [-0.25, -0.2) is 4.98 Å². The SMILES string of the molecule is C#CCCC1(CCC(=O)NCc2cccc(N3CCOCC3)n2)N=N1. The van der Waals surface area contributed by atoms with E-state index >= 15 is 0 Å². The maximum Gasteiger partial charge on any atom is 0.220 e. The van der Waals surface area contributed by atoms with Crippen LogP contribution in [0.2, 0.25) is 0 Å². The van der Waals surface area contributed by atoms with Crippen molar-refractivity contribution in [3.8, 4) is 12.3 Å². The number of hydrogen-bond acceptors (Lipinski definition) is 6. The molecule has 0 atom stereocenters. The lowest BCUT2D eigenvalue weighted by atomic mass is 10.0. The number of aromatic nitrogens is 1. The Morgan fingerprint density at radius 1 is 1.32 bits per heavy atom. The zero-order chi connectivity index (χ0) is 17.5. The van der Waals surface area contributed by atoms with E-state index in [9.17, 15) is 4.79 Å². The number of nitrogens with one attached hydrogen (secondary N) is 1. The molecule has 0 saturated carbocycles. The van der Waals surface area contributed by atoms with Gasteiger partial charge in [0.05, 0.1) is 25.5 Å². The molecule has 0 unspecified atom stereocenters. The van der Waals surface area contributed by atoms with Gasteiger partial charge in [-0.2, -0.15) is 10.2 Å². The zero-order valence-electron chi connectivity index (χ0n) is 14.3. The molecule has 25 heavy (non-hydrogen) atoms. The van der Waals surface area contributed by atoms with Gasteiger partial charge in [0.25, 0.3) is 0 Å². The number of terminal acetylenes is 1. The second-order valence-electron chi connectivity index (χ2n) is 6.25. The number of pyridine rings is 1. The van der Waals surface area contributed by atoms with E-state index in [-0.39, 0.29) is 5.91 Å². The Morgan fingerprint density at radius 3 is 2.84 bits per heavy atom. The molecule has 2 aliphatic rings. The van der Waals surface area contributed by atoms with Gasteiger partial charge in [0, 0.05) is 38.8 Å². The topological polar surface area (TPSA) is 79.2 Å². The smallest absolute Gasteiger partial charge is 0.220 e. The number of hydrogen-bond donors (Lipinski definition) is 1. The summed E-state index contributed by atoms with van der Waals surface area (Å²) in [4.78, 5) is 18.9. The van der Waals surface area contributed by atoms with Gasteiger partial charge in [-0.1, -0.05) is 6.07 Å². The molecule has 3 heterocycles. The molecule has 1 amide bonds. The molecule has 0 bridgehead atoms. The van der Waals surface area contributed by atoms with E-state index in [1.807, 2.05) is 18.2 Å². The minimum atomic E-state index is -0.405. The number of anilines is 1. The van der Waals surface area contributed by atoms with Crippen molar-refractivity contribution < 1.29 is 9.53 Å². The Balaban J connectivity index is 1.43. The van der Waals surface area contributed by atoms with Crippen LogP contribution in [0.5, 0.6) is 0 Å². The molecule has 1 N–H and O–H groups in total. The number of ether oxygens (including phenoxy) is 1. The van der Waals surface area contributed by atoms with Crippen LogP contribution >= 0.6 is 0 Å². The normalized spacial score (nSPS) is 17.8. The van der Waals surface area contributed by atoms with Crippen molar-refractivity contribution in [2.24, 2.45) is 10.2 Å². The Morgan fingerprint density at radius 2 is 2.12 bits per heavy atom. The fraction of sp³-hybridized carbons (Fsp3) is 0.556. The van der Waals surface area contributed by atoms with Gasteiger partial charge in [0.15, 0.2) is 5.66 Å². The van der Waals surface area contributed by atoms with Crippen molar-refractivity contribution in [1.29, 1.82) is 0 Å². The molecule has 7 nitrogen and oxygen atoms in total. The van der Waals surface area contributed by atoms with Gasteiger partial charge in [-0.15, -0.1) is 12.3 Å². The average molecular weight is 341 g/mol. The number of amides is 1. The highest BCUT2D eigenvalue weighted by Gasteiger charge is 2.39. The highest BCUT2D eigenvalue weighted by atomic mass is 16.5. The molecule has 0 aromatic carbocycles. The fourth-order valence-electron chi connectivity index (χ4n) is 2.79. The molecule has 0 aliphatic carbocycles. The predicted molar refractivity (Wildman–Crippen MR) is 94.0 cm³/mol. The summed E-state index contributed by atoms with van der Waals surface area (Å²) in [6.45, 7) is 3.55. The summed E-state index contributed by atoms with van der Waals surface area (Å²) < 4.78 is 5.36. The molecule has 3 rings (SSSR count). The minimum absolute atomic E-state index is 0.0176. The van der Waals surface area contributed by atoms with Gasteiger partial charge in [0.2, 0.25) is 5.91 Å². The molecule has 1 saturated heterocycles. The summed E-state index contributed by atoms with van der Waals surface area (Å²) in [7, 11) is 0. The highest BCUT2D eigenvalue weighted by molar-refractivity contribution is 5.75. The van der Waals surface area contributed by atoms with Crippen LogP contribution < -0.4 is 10.2 Å². The first-order valence-corrected chi connectivity index (χ1v) is 8.64. The molecular weight excluding hydrogens is 318 g/mol. The van der Waals surface area contributed by atoms with E-state index in [1.165, 1.54) is 0 Å². The molecule has 1 aromatic heterocycles. The summed E-state index contributed by atoms with van der Waals surface area (Å²) in [6.07, 6.45) is 7.62. The monoisotopic (exact) mass is 341 g/mol. The maximum absolute atomic E-state index is 12.1. The van der Waals surface area contributed by atoms with Gasteiger partial charge in [0.1, 0.15) is 5.82 Å². The first-order chi connectivity index (χ1) is 12.2. The van der Waals surface area contributed by atoms with E-state index < -0.39 is 5.66 Å². The Labute approximate surface area is 147 Å². The molecule has 1 fully saturated rings. The van der Waals surface area contributed by atoms with Crippen LogP contribution in [-0.4, -0.2) is 42.9 Å². The first kappa shape index (κ1) is 17.4. The Kier molecular flexibility index (Phi) is 5.61. The quantitative estimate of drug-likeness (QED) is 0.732. The van der Waals surface area contributed by atoms with Crippen LogP contribution in [0.25, 0.3) is 0 Å². The lowest BCUT2D eigenvalue weighted by Gasteiger charge is -2.28. The third-order valence-electron chi connectivity index (χ3n) is 4.40. The van der Waals surface area contributed by atoms with Crippen molar-refractivity contribution in [2.45, 2.75) is 37.9 Å². The van der Waals surface area contributed by atoms with Crippen LogP contribution in [0.15, 0.2) is 28.4 Å². The maximum atomic E-state index is 12.1. The van der Waals surface area contributed by atoms with Crippen molar-refractivity contribution in [2.75, 3.05) is 31.2 Å². The minimum Gasteiger partial charge on any atom is -0.378 e. The largest absolute Gasteiger partial charge is 0.378 e. The summed E-state index contributed by atoms with van der Waals surface area (Å²) in [5.41, 5.74) is 0.443. The molecule has 132 valence electrons. The molecule has 0 radical (unpaired) electrons. The van der Waals surface area contributed by atoms with Crippen molar-refractivity contribution in [3.63, 3.8) is 0 Å². The van der Waals surface area contributed by atoms with Crippen LogP contribution in [0.3, 0.4) is 0 Å². The number of carbonyl (C=O) groups excluding carboxylic acids is 1. The fourth-order valence-corrected chi connectivity index (χ4v) is 2.79. The van der Waals surface area contributed by atoms with E-state index in [0.717, 1.165) is 44.2 Å². The molecule has 1 aromatic rings. The van der Waals surface area contributed by atoms with Crippen LogP contribution in [0.4, 0.5) is 5.82 Å². The number of carbonyl (C=O) groups is 1. The summed E-state index contributed by atoms with van der Waals surface area (Å²) in [5, 5.41) is 11.0. The Hall–Kier alpha value is -2.46. The standard InChI is InChI=1S/C18H23N5O2/c1-2-3-8-18(21-22-18)9-7-17(24)19-14-15-5-4-6-16(20-15)23-10-12-25-13-11-23/h1,4-6H,3,7-14H2,(H,19,24). The number of nitrogens with zero attached hydrogens (tertiary/aromatic N) is 4. The number of rotatable bonds is 8. The van der Waals surface area contributed by atoms with E-state index in [4.69, 9.17) is 11.2 Å². The lowest BCUT2D eigenvalue weighted by Crippen LogP contribution is -2.37. The summed E-state index contributed by atoms with van der Waals surface area (Å²) >= 11 is 0. The second kappa shape index (κ2) is 8.08. The van der Waals surface area contributed by atoms with E-state index in [2.05, 4.69) is 31.3 Å². The first-order valence-electron chi connectivity index (χ1n) is 8.64. The molecular formula is C18H23N5O2. The molecule has 2 aliphatic heterocycles. The number of morpholine rings is 1. The van der Waals surface area contributed by atoms with Crippen LogP contribution in [0, 0.1) is 12.3 Å². The second-order valence-corrected chi connectivity index (χ2v) is 6.25. The highest BCUT2D eigenvalue weighted by Crippen LogP contribution is 2.37. The van der Waals surface area contributed by atoms with E-state index in [1.54, 1.807) is 0 Å².